The van der Waals surface area contributed by atoms with Crippen molar-refractivity contribution in [2.75, 3.05) is 32.8 Å². The number of fused-ring (bicyclic) bond motifs is 1. The molecule has 19 heavy (non-hydrogen) atoms. The van der Waals surface area contributed by atoms with Crippen LogP contribution in [0.1, 0.15) is 18.4 Å². The maximum Gasteiger partial charge on any atom is 0.119 e. The molecule has 2 atom stereocenters. The topological polar surface area (TPSA) is 24.5 Å². The van der Waals surface area contributed by atoms with E-state index in [0.29, 0.717) is 5.92 Å². The Labute approximate surface area is 115 Å². The van der Waals surface area contributed by atoms with Crippen LogP contribution in [0.15, 0.2) is 24.3 Å². The molecular formula is C16H24N2O. The van der Waals surface area contributed by atoms with Gasteiger partial charge in [-0.05, 0) is 31.9 Å². The molecular weight excluding hydrogens is 236 g/mol. The minimum atomic E-state index is 0.690. The predicted molar refractivity (Wildman–Crippen MR) is 77.6 cm³/mol. The van der Waals surface area contributed by atoms with Gasteiger partial charge in [-0.15, -0.1) is 0 Å². The molecule has 1 aromatic rings. The summed E-state index contributed by atoms with van der Waals surface area (Å²) < 4.78 is 5.94. The Morgan fingerprint density at radius 2 is 2.11 bits per heavy atom. The number of hydrogen-bond acceptors (Lipinski definition) is 3. The number of rotatable bonds is 3. The molecule has 1 aromatic carbocycles. The Balaban J connectivity index is 1.49. The zero-order valence-corrected chi connectivity index (χ0v) is 11.8. The molecule has 2 fully saturated rings. The minimum absolute atomic E-state index is 0.690. The predicted octanol–water partition coefficient (Wildman–Crippen LogP) is 2.06. The first-order valence-corrected chi connectivity index (χ1v) is 7.45. The summed E-state index contributed by atoms with van der Waals surface area (Å²) >= 11 is 0. The van der Waals surface area contributed by atoms with Gasteiger partial charge >= 0.3 is 0 Å². The SMILES string of the molecule is Cc1ccc(OC[C@@H]2CC[C@@H]3CNCCN3C2)cc1. The fourth-order valence-corrected chi connectivity index (χ4v) is 3.16. The summed E-state index contributed by atoms with van der Waals surface area (Å²) in [7, 11) is 0. The third-order valence-corrected chi connectivity index (χ3v) is 4.38. The van der Waals surface area contributed by atoms with E-state index in [2.05, 4.69) is 41.4 Å². The van der Waals surface area contributed by atoms with Gasteiger partial charge in [-0.1, -0.05) is 17.7 Å². The zero-order chi connectivity index (χ0) is 13.1. The van der Waals surface area contributed by atoms with Crippen LogP contribution in [0.3, 0.4) is 0 Å². The molecule has 2 aliphatic heterocycles. The van der Waals surface area contributed by atoms with E-state index in [1.165, 1.54) is 38.0 Å². The van der Waals surface area contributed by atoms with Crippen LogP contribution in [-0.4, -0.2) is 43.7 Å². The molecule has 0 bridgehead atoms. The van der Waals surface area contributed by atoms with Gasteiger partial charge in [0.2, 0.25) is 0 Å². The van der Waals surface area contributed by atoms with E-state index in [-0.39, 0.29) is 0 Å². The van der Waals surface area contributed by atoms with Gasteiger partial charge in [0.1, 0.15) is 5.75 Å². The Kier molecular flexibility index (Phi) is 4.04. The van der Waals surface area contributed by atoms with Gasteiger partial charge in [-0.2, -0.15) is 0 Å². The highest BCUT2D eigenvalue weighted by molar-refractivity contribution is 5.26. The van der Waals surface area contributed by atoms with Crippen LogP contribution < -0.4 is 10.1 Å². The van der Waals surface area contributed by atoms with Crippen molar-refractivity contribution in [2.45, 2.75) is 25.8 Å². The first-order chi connectivity index (χ1) is 9.31. The number of hydrogen-bond donors (Lipinski definition) is 1. The number of ether oxygens (including phenoxy) is 1. The van der Waals surface area contributed by atoms with E-state index in [1.54, 1.807) is 0 Å². The van der Waals surface area contributed by atoms with Gasteiger partial charge in [0.25, 0.3) is 0 Å². The van der Waals surface area contributed by atoms with Gasteiger partial charge < -0.3 is 10.1 Å². The number of benzene rings is 1. The molecule has 0 aliphatic carbocycles. The van der Waals surface area contributed by atoms with Crippen LogP contribution in [0, 0.1) is 12.8 Å². The number of nitrogens with zero attached hydrogens (tertiary/aromatic N) is 1. The minimum Gasteiger partial charge on any atom is -0.493 e. The van der Waals surface area contributed by atoms with E-state index in [1.807, 2.05) is 0 Å². The first-order valence-electron chi connectivity index (χ1n) is 7.45. The Morgan fingerprint density at radius 3 is 2.95 bits per heavy atom. The second-order valence-electron chi connectivity index (χ2n) is 5.92. The van der Waals surface area contributed by atoms with Crippen LogP contribution in [-0.2, 0) is 0 Å². The molecule has 2 heterocycles. The average Bonchev–Trinajstić information content (AvgIpc) is 2.46. The molecule has 3 nitrogen and oxygen atoms in total. The number of nitrogens with one attached hydrogen (secondary N) is 1. The van der Waals surface area contributed by atoms with E-state index in [4.69, 9.17) is 4.74 Å². The molecule has 0 radical (unpaired) electrons. The molecule has 0 aromatic heterocycles. The van der Waals surface area contributed by atoms with Gasteiger partial charge in [-0.25, -0.2) is 0 Å². The maximum atomic E-state index is 5.94. The fraction of sp³-hybridized carbons (Fsp3) is 0.625. The lowest BCUT2D eigenvalue weighted by Gasteiger charge is -2.42. The number of piperazine rings is 1. The van der Waals surface area contributed by atoms with Crippen molar-refractivity contribution in [3.63, 3.8) is 0 Å². The summed E-state index contributed by atoms with van der Waals surface area (Å²) in [6, 6.07) is 9.15. The highest BCUT2D eigenvalue weighted by atomic mass is 16.5. The number of aryl methyl sites for hydroxylation is 1. The molecule has 0 unspecified atom stereocenters. The van der Waals surface area contributed by atoms with Crippen molar-refractivity contribution >= 4 is 0 Å². The molecule has 0 amide bonds. The Bertz CT molecular complexity index is 404. The fourth-order valence-electron chi connectivity index (χ4n) is 3.16. The second-order valence-corrected chi connectivity index (χ2v) is 5.92. The van der Waals surface area contributed by atoms with Crippen LogP contribution in [0.4, 0.5) is 0 Å². The van der Waals surface area contributed by atoms with Gasteiger partial charge in [0.05, 0.1) is 6.61 Å². The smallest absolute Gasteiger partial charge is 0.119 e. The number of piperidine rings is 1. The van der Waals surface area contributed by atoms with Crippen molar-refractivity contribution < 1.29 is 4.74 Å². The normalized spacial score (nSPS) is 27.8. The van der Waals surface area contributed by atoms with Crippen LogP contribution >= 0.6 is 0 Å². The molecule has 104 valence electrons. The molecule has 0 spiro atoms. The maximum absolute atomic E-state index is 5.94. The summed E-state index contributed by atoms with van der Waals surface area (Å²) in [5.41, 5.74) is 1.29. The molecule has 2 aliphatic rings. The summed E-state index contributed by atoms with van der Waals surface area (Å²) in [5.74, 6) is 1.70. The van der Waals surface area contributed by atoms with Crippen molar-refractivity contribution in [1.29, 1.82) is 0 Å². The lowest BCUT2D eigenvalue weighted by Crippen LogP contribution is -2.55. The average molecular weight is 260 g/mol. The highest BCUT2D eigenvalue weighted by Crippen LogP contribution is 2.24. The van der Waals surface area contributed by atoms with Crippen LogP contribution in [0.2, 0.25) is 0 Å². The lowest BCUT2D eigenvalue weighted by atomic mass is 9.92. The Hall–Kier alpha value is -1.06. The van der Waals surface area contributed by atoms with E-state index >= 15 is 0 Å². The van der Waals surface area contributed by atoms with Crippen molar-refractivity contribution in [1.82, 2.24) is 10.2 Å². The van der Waals surface area contributed by atoms with Crippen LogP contribution in [0.5, 0.6) is 5.75 Å². The summed E-state index contributed by atoms with van der Waals surface area (Å²) in [5, 5.41) is 3.49. The van der Waals surface area contributed by atoms with Gasteiger partial charge in [-0.3, -0.25) is 4.90 Å². The lowest BCUT2D eigenvalue weighted by molar-refractivity contribution is 0.0650. The van der Waals surface area contributed by atoms with Crippen molar-refractivity contribution in [3.05, 3.63) is 29.8 Å². The quantitative estimate of drug-likeness (QED) is 0.900. The van der Waals surface area contributed by atoms with E-state index in [0.717, 1.165) is 24.9 Å². The van der Waals surface area contributed by atoms with E-state index in [9.17, 15) is 0 Å². The summed E-state index contributed by atoms with van der Waals surface area (Å²) in [6.45, 7) is 7.69. The standard InChI is InChI=1S/C16H24N2O/c1-13-2-6-16(7-3-13)19-12-14-4-5-15-10-17-8-9-18(15)11-14/h2-3,6-7,14-15,17H,4-5,8-12H2,1H3/t14-,15-/m1/s1. The van der Waals surface area contributed by atoms with Crippen molar-refractivity contribution in [3.8, 4) is 5.75 Å². The second kappa shape index (κ2) is 5.93. The summed E-state index contributed by atoms with van der Waals surface area (Å²) in [4.78, 5) is 2.64. The molecule has 3 rings (SSSR count). The molecule has 0 saturated carbocycles. The highest BCUT2D eigenvalue weighted by Gasteiger charge is 2.29. The zero-order valence-electron chi connectivity index (χ0n) is 11.8. The third-order valence-electron chi connectivity index (χ3n) is 4.38. The molecule has 3 heteroatoms. The van der Waals surface area contributed by atoms with Gasteiger partial charge in [0.15, 0.2) is 0 Å². The first kappa shape index (κ1) is 12.9. The summed E-state index contributed by atoms with van der Waals surface area (Å²) in [6.07, 6.45) is 2.61. The van der Waals surface area contributed by atoms with Crippen LogP contribution in [0.25, 0.3) is 0 Å². The Morgan fingerprint density at radius 1 is 1.26 bits per heavy atom. The molecule has 1 N–H and O–H groups in total. The van der Waals surface area contributed by atoms with E-state index < -0.39 is 0 Å². The van der Waals surface area contributed by atoms with Crippen molar-refractivity contribution in [2.24, 2.45) is 5.92 Å². The monoisotopic (exact) mass is 260 g/mol. The largest absolute Gasteiger partial charge is 0.493 e. The van der Waals surface area contributed by atoms with Gasteiger partial charge in [0, 0.05) is 38.1 Å². The third kappa shape index (κ3) is 3.28. The molecule has 2 saturated heterocycles.